The van der Waals surface area contributed by atoms with E-state index >= 15 is 0 Å². The molecule has 4 heteroatoms. The van der Waals surface area contributed by atoms with E-state index in [1.807, 2.05) is 13.8 Å². The van der Waals surface area contributed by atoms with E-state index < -0.39 is 4.33 Å². The average molecular weight is 241 g/mol. The molecular formula is C10H18Cl2O2. The molecule has 0 amide bonds. The minimum atomic E-state index is -1.19. The lowest BCUT2D eigenvalue weighted by molar-refractivity contribution is -0.109. The average Bonchev–Trinajstić information content (AvgIpc) is 2.05. The lowest BCUT2D eigenvalue weighted by Crippen LogP contribution is -2.21. The highest BCUT2D eigenvalue weighted by molar-refractivity contribution is 6.55. The summed E-state index contributed by atoms with van der Waals surface area (Å²) in [6.07, 6.45) is 2.19. The summed E-state index contributed by atoms with van der Waals surface area (Å²) in [5, 5.41) is 0. The molecule has 0 radical (unpaired) electrons. The molecule has 0 unspecified atom stereocenters. The number of aldehydes is 2. The zero-order chi connectivity index (χ0) is 11.8. The molecule has 0 saturated carbocycles. The summed E-state index contributed by atoms with van der Waals surface area (Å²) in [5.41, 5.74) is 0. The van der Waals surface area contributed by atoms with Crippen LogP contribution in [0.2, 0.25) is 0 Å². The first-order valence-corrected chi connectivity index (χ1v) is 5.31. The maximum atomic E-state index is 10.0. The predicted octanol–water partition coefficient (Wildman–Crippen LogP) is 3.25. The van der Waals surface area contributed by atoms with Gasteiger partial charge in [-0.05, 0) is 11.8 Å². The second-order valence-corrected chi connectivity index (χ2v) is 5.19. The van der Waals surface area contributed by atoms with Crippen LogP contribution in [-0.2, 0) is 9.59 Å². The van der Waals surface area contributed by atoms with Crippen LogP contribution in [0.25, 0.3) is 0 Å². The van der Waals surface area contributed by atoms with E-state index in [4.69, 9.17) is 23.2 Å². The van der Waals surface area contributed by atoms with Crippen molar-refractivity contribution >= 4 is 35.8 Å². The molecule has 0 aromatic heterocycles. The molecule has 0 spiro atoms. The summed E-state index contributed by atoms with van der Waals surface area (Å²) < 4.78 is -1.19. The van der Waals surface area contributed by atoms with Gasteiger partial charge in [0.15, 0.2) is 10.6 Å². The number of alkyl halides is 2. The number of hydrogen-bond donors (Lipinski definition) is 0. The van der Waals surface area contributed by atoms with Gasteiger partial charge in [-0.15, -0.1) is 0 Å². The Morgan fingerprint density at radius 3 is 1.57 bits per heavy atom. The van der Waals surface area contributed by atoms with Crippen LogP contribution < -0.4 is 0 Å². The van der Waals surface area contributed by atoms with Crippen molar-refractivity contribution in [2.24, 2.45) is 11.8 Å². The summed E-state index contributed by atoms with van der Waals surface area (Å²) >= 11 is 10.9. The summed E-state index contributed by atoms with van der Waals surface area (Å²) in [6, 6.07) is 0. The van der Waals surface area contributed by atoms with E-state index in [1.54, 1.807) is 13.8 Å². The van der Waals surface area contributed by atoms with Crippen LogP contribution in [0, 0.1) is 11.8 Å². The highest BCUT2D eigenvalue weighted by Crippen LogP contribution is 2.26. The first kappa shape index (κ1) is 16.4. The van der Waals surface area contributed by atoms with Crippen molar-refractivity contribution in [2.75, 3.05) is 0 Å². The molecule has 0 aliphatic heterocycles. The van der Waals surface area contributed by atoms with Crippen molar-refractivity contribution in [2.45, 2.75) is 38.4 Å². The molecule has 0 aromatic carbocycles. The Morgan fingerprint density at radius 2 is 1.57 bits per heavy atom. The van der Waals surface area contributed by atoms with E-state index in [2.05, 4.69) is 0 Å². The van der Waals surface area contributed by atoms with Crippen molar-refractivity contribution in [3.05, 3.63) is 0 Å². The minimum Gasteiger partial charge on any atom is -0.303 e. The lowest BCUT2D eigenvalue weighted by Gasteiger charge is -2.14. The lowest BCUT2D eigenvalue weighted by atomic mass is 10.1. The molecule has 0 aliphatic carbocycles. The van der Waals surface area contributed by atoms with Gasteiger partial charge in [0, 0.05) is 6.42 Å². The highest BCUT2D eigenvalue weighted by Gasteiger charge is 2.26. The number of hydrogen-bond acceptors (Lipinski definition) is 2. The van der Waals surface area contributed by atoms with Gasteiger partial charge >= 0.3 is 0 Å². The van der Waals surface area contributed by atoms with Gasteiger partial charge in [0.2, 0.25) is 0 Å². The van der Waals surface area contributed by atoms with Crippen LogP contribution in [-0.4, -0.2) is 16.9 Å². The second kappa shape index (κ2) is 8.25. The third kappa shape index (κ3) is 10.0. The largest absolute Gasteiger partial charge is 0.303 e. The highest BCUT2D eigenvalue weighted by atomic mass is 35.5. The quantitative estimate of drug-likeness (QED) is 0.559. The SMILES string of the molecule is CC(C)C(Cl)(Cl)C=O.CC(C)CC=O. The third-order valence-electron chi connectivity index (χ3n) is 1.49. The Kier molecular flexibility index (Phi) is 9.63. The molecule has 0 aromatic rings. The molecule has 0 atom stereocenters. The van der Waals surface area contributed by atoms with Gasteiger partial charge in [-0.2, -0.15) is 0 Å². The Labute approximate surface area is 96.0 Å². The topological polar surface area (TPSA) is 34.1 Å². The monoisotopic (exact) mass is 240 g/mol. The molecule has 0 rings (SSSR count). The maximum absolute atomic E-state index is 10.0. The Hall–Kier alpha value is -0.0800. The third-order valence-corrected chi connectivity index (χ3v) is 2.55. The smallest absolute Gasteiger partial charge is 0.175 e. The number of carbonyl (C=O) groups excluding carboxylic acids is 2. The predicted molar refractivity (Wildman–Crippen MR) is 60.9 cm³/mol. The van der Waals surface area contributed by atoms with Gasteiger partial charge in [0.05, 0.1) is 0 Å². The van der Waals surface area contributed by atoms with E-state index in [-0.39, 0.29) is 5.92 Å². The number of halogens is 2. The minimum absolute atomic E-state index is 0.0247. The molecule has 2 nitrogen and oxygen atoms in total. The summed E-state index contributed by atoms with van der Waals surface area (Å²) in [7, 11) is 0. The van der Waals surface area contributed by atoms with Crippen LogP contribution in [0.1, 0.15) is 34.1 Å². The summed E-state index contributed by atoms with van der Waals surface area (Å²) in [4.78, 5) is 19.6. The summed E-state index contributed by atoms with van der Waals surface area (Å²) in [6.45, 7) is 7.62. The first-order valence-electron chi connectivity index (χ1n) is 4.55. The van der Waals surface area contributed by atoms with Crippen molar-refractivity contribution in [1.82, 2.24) is 0 Å². The molecule has 84 valence electrons. The molecule has 0 heterocycles. The van der Waals surface area contributed by atoms with Crippen molar-refractivity contribution in [1.29, 1.82) is 0 Å². The summed E-state index contributed by atoms with van der Waals surface area (Å²) in [5.74, 6) is 0.505. The van der Waals surface area contributed by atoms with E-state index in [1.165, 1.54) is 0 Å². The fourth-order valence-corrected chi connectivity index (χ4v) is 0.329. The molecule has 0 saturated heterocycles. The Morgan fingerprint density at radius 1 is 1.14 bits per heavy atom. The first-order chi connectivity index (χ1) is 6.27. The fourth-order valence-electron chi connectivity index (χ4n) is 0.329. The van der Waals surface area contributed by atoms with Gasteiger partial charge in [0.1, 0.15) is 6.29 Å². The molecule has 14 heavy (non-hydrogen) atoms. The Bertz CT molecular complexity index is 166. The zero-order valence-electron chi connectivity index (χ0n) is 9.09. The van der Waals surface area contributed by atoms with Crippen LogP contribution in [0.15, 0.2) is 0 Å². The van der Waals surface area contributed by atoms with Crippen LogP contribution >= 0.6 is 23.2 Å². The normalized spacial score (nSPS) is 10.9. The number of rotatable bonds is 4. The maximum Gasteiger partial charge on any atom is 0.175 e. The van der Waals surface area contributed by atoms with E-state index in [9.17, 15) is 9.59 Å². The van der Waals surface area contributed by atoms with Crippen molar-refractivity contribution in [3.63, 3.8) is 0 Å². The molecule has 0 aliphatic rings. The van der Waals surface area contributed by atoms with Gasteiger partial charge in [-0.1, -0.05) is 50.9 Å². The van der Waals surface area contributed by atoms with Gasteiger partial charge in [-0.25, -0.2) is 0 Å². The fraction of sp³-hybridized carbons (Fsp3) is 0.800. The Balaban J connectivity index is 0. The van der Waals surface area contributed by atoms with Crippen molar-refractivity contribution < 1.29 is 9.59 Å². The second-order valence-electron chi connectivity index (χ2n) is 3.74. The number of carbonyl (C=O) groups is 2. The standard InChI is InChI=1S/C5H8Cl2O.C5H10O/c1-4(2)5(6,7)3-8;1-5(2)3-4-6/h3-4H,1-2H3;4-5H,3H2,1-2H3. The zero-order valence-corrected chi connectivity index (χ0v) is 10.6. The van der Waals surface area contributed by atoms with Crippen LogP contribution in [0.4, 0.5) is 0 Å². The molecule has 0 fully saturated rings. The molecule has 0 N–H and O–H groups in total. The molecular weight excluding hydrogens is 223 g/mol. The van der Waals surface area contributed by atoms with Crippen LogP contribution in [0.5, 0.6) is 0 Å². The van der Waals surface area contributed by atoms with Gasteiger partial charge in [0.25, 0.3) is 0 Å². The van der Waals surface area contributed by atoms with E-state index in [0.717, 1.165) is 6.29 Å². The van der Waals surface area contributed by atoms with Crippen molar-refractivity contribution in [3.8, 4) is 0 Å². The molecule has 0 bridgehead atoms. The van der Waals surface area contributed by atoms with Gasteiger partial charge in [-0.3, -0.25) is 0 Å². The van der Waals surface area contributed by atoms with Gasteiger partial charge < -0.3 is 9.59 Å². The van der Waals surface area contributed by atoms with E-state index in [0.29, 0.717) is 18.6 Å². The van der Waals surface area contributed by atoms with Crippen LogP contribution in [0.3, 0.4) is 0 Å².